The third-order valence-corrected chi connectivity index (χ3v) is 4.93. The van der Waals surface area contributed by atoms with E-state index in [4.69, 9.17) is 0 Å². The van der Waals surface area contributed by atoms with Gasteiger partial charge in [0.1, 0.15) is 6.04 Å². The molecule has 1 atom stereocenters. The van der Waals surface area contributed by atoms with E-state index < -0.39 is 6.04 Å². The molecule has 0 saturated heterocycles. The molecule has 0 heterocycles. The molecule has 0 aromatic rings. The first-order chi connectivity index (χ1) is 12.8. The zero-order valence-corrected chi connectivity index (χ0v) is 18.5. The predicted molar refractivity (Wildman–Crippen MR) is 113 cm³/mol. The van der Waals surface area contributed by atoms with Gasteiger partial charge in [-0.2, -0.15) is 11.8 Å². The average Bonchev–Trinajstić information content (AvgIpc) is 2.62. The van der Waals surface area contributed by atoms with Gasteiger partial charge in [-0.1, -0.05) is 6.42 Å². The molecule has 0 aliphatic rings. The van der Waals surface area contributed by atoms with Crippen LogP contribution in [-0.2, 0) is 14.4 Å². The van der Waals surface area contributed by atoms with Gasteiger partial charge < -0.3 is 20.4 Å². The second-order valence-corrected chi connectivity index (χ2v) is 7.91. The van der Waals surface area contributed by atoms with Crippen LogP contribution in [0.3, 0.4) is 0 Å². The minimum Gasteiger partial charge on any atom is -0.356 e. The van der Waals surface area contributed by atoms with Crippen LogP contribution in [0.15, 0.2) is 0 Å². The van der Waals surface area contributed by atoms with E-state index in [-0.39, 0.29) is 24.1 Å². The standard InChI is InChI=1S/C19H38N4O3S/c1-6-20-17(24)15-16(19(26)21-12-10-13-22(2)3)23(4)18(25)11-8-7-9-14-27-5/h16H,6-15H2,1-5H3,(H,20,24)(H,21,26)/t16-/m0/s1. The van der Waals surface area contributed by atoms with Crippen LogP contribution in [-0.4, -0.2) is 86.3 Å². The van der Waals surface area contributed by atoms with Gasteiger partial charge in [0, 0.05) is 26.6 Å². The smallest absolute Gasteiger partial charge is 0.243 e. The highest BCUT2D eigenvalue weighted by Crippen LogP contribution is 2.10. The Morgan fingerprint density at radius 2 is 1.70 bits per heavy atom. The molecule has 3 amide bonds. The van der Waals surface area contributed by atoms with E-state index in [2.05, 4.69) is 16.9 Å². The van der Waals surface area contributed by atoms with Crippen molar-refractivity contribution in [2.75, 3.05) is 52.8 Å². The van der Waals surface area contributed by atoms with Crippen molar-refractivity contribution in [1.29, 1.82) is 0 Å². The maximum absolute atomic E-state index is 12.6. The van der Waals surface area contributed by atoms with Gasteiger partial charge in [-0.05, 0) is 58.8 Å². The van der Waals surface area contributed by atoms with Crippen molar-refractivity contribution < 1.29 is 14.4 Å². The van der Waals surface area contributed by atoms with Crippen molar-refractivity contribution in [3.63, 3.8) is 0 Å². The Balaban J connectivity index is 4.67. The summed E-state index contributed by atoms with van der Waals surface area (Å²) in [5.74, 6) is 0.528. The molecule has 8 heteroatoms. The van der Waals surface area contributed by atoms with Gasteiger partial charge in [-0.3, -0.25) is 14.4 Å². The lowest BCUT2D eigenvalue weighted by Crippen LogP contribution is -2.50. The summed E-state index contributed by atoms with van der Waals surface area (Å²) < 4.78 is 0. The molecule has 158 valence electrons. The topological polar surface area (TPSA) is 81.8 Å². The number of thioether (sulfide) groups is 1. The van der Waals surface area contributed by atoms with Crippen LogP contribution in [0.25, 0.3) is 0 Å². The quantitative estimate of drug-likeness (QED) is 0.404. The lowest BCUT2D eigenvalue weighted by atomic mass is 10.1. The van der Waals surface area contributed by atoms with Crippen molar-refractivity contribution >= 4 is 29.5 Å². The maximum atomic E-state index is 12.6. The largest absolute Gasteiger partial charge is 0.356 e. The van der Waals surface area contributed by atoms with Crippen LogP contribution in [0.1, 0.15) is 45.4 Å². The number of hydrogen-bond acceptors (Lipinski definition) is 5. The number of amides is 3. The van der Waals surface area contributed by atoms with E-state index in [1.807, 2.05) is 25.9 Å². The number of nitrogens with zero attached hydrogens (tertiary/aromatic N) is 2. The summed E-state index contributed by atoms with van der Waals surface area (Å²) in [5, 5.41) is 5.57. The van der Waals surface area contributed by atoms with Crippen LogP contribution in [0, 0.1) is 0 Å². The molecule has 0 aliphatic heterocycles. The molecule has 0 aromatic carbocycles. The Bertz CT molecular complexity index is 447. The summed E-state index contributed by atoms with van der Waals surface area (Å²) in [6, 6.07) is -0.769. The fourth-order valence-electron chi connectivity index (χ4n) is 2.62. The third-order valence-electron chi connectivity index (χ3n) is 4.24. The minimum absolute atomic E-state index is 0.0118. The Hall–Kier alpha value is -1.28. The Morgan fingerprint density at radius 1 is 1.00 bits per heavy atom. The Labute approximate surface area is 169 Å². The van der Waals surface area contributed by atoms with Crippen molar-refractivity contribution in [2.45, 2.75) is 51.5 Å². The van der Waals surface area contributed by atoms with Gasteiger partial charge in [0.2, 0.25) is 17.7 Å². The second kappa shape index (κ2) is 15.7. The normalized spacial score (nSPS) is 11.9. The molecule has 0 rings (SSSR count). The molecule has 0 unspecified atom stereocenters. The Morgan fingerprint density at radius 3 is 2.30 bits per heavy atom. The van der Waals surface area contributed by atoms with E-state index >= 15 is 0 Å². The summed E-state index contributed by atoms with van der Waals surface area (Å²) in [7, 11) is 5.57. The van der Waals surface area contributed by atoms with E-state index in [1.54, 1.807) is 18.8 Å². The lowest BCUT2D eigenvalue weighted by molar-refractivity contribution is -0.141. The van der Waals surface area contributed by atoms with Crippen LogP contribution in [0.2, 0.25) is 0 Å². The third kappa shape index (κ3) is 12.7. The van der Waals surface area contributed by atoms with Gasteiger partial charge in [-0.15, -0.1) is 0 Å². The molecule has 0 bridgehead atoms. The van der Waals surface area contributed by atoms with Crippen molar-refractivity contribution in [1.82, 2.24) is 20.4 Å². The van der Waals surface area contributed by atoms with E-state index in [0.29, 0.717) is 19.5 Å². The molecule has 7 nitrogen and oxygen atoms in total. The summed E-state index contributed by atoms with van der Waals surface area (Å²) in [5.41, 5.74) is 0. The fraction of sp³-hybridized carbons (Fsp3) is 0.842. The molecule has 2 N–H and O–H groups in total. The molecular weight excluding hydrogens is 364 g/mol. The van der Waals surface area contributed by atoms with Gasteiger partial charge >= 0.3 is 0 Å². The molecular formula is C19H38N4O3S. The van der Waals surface area contributed by atoms with E-state index in [0.717, 1.165) is 38.0 Å². The van der Waals surface area contributed by atoms with Crippen molar-refractivity contribution in [2.24, 2.45) is 0 Å². The summed E-state index contributed by atoms with van der Waals surface area (Å²) in [6.45, 7) is 3.73. The first kappa shape index (κ1) is 25.7. The van der Waals surface area contributed by atoms with Crippen molar-refractivity contribution in [3.8, 4) is 0 Å². The van der Waals surface area contributed by atoms with Gasteiger partial charge in [0.25, 0.3) is 0 Å². The Kier molecular flexibility index (Phi) is 15.0. The first-order valence-electron chi connectivity index (χ1n) is 9.77. The van der Waals surface area contributed by atoms with Crippen LogP contribution < -0.4 is 10.6 Å². The van der Waals surface area contributed by atoms with Gasteiger partial charge in [0.15, 0.2) is 0 Å². The molecule has 27 heavy (non-hydrogen) atoms. The van der Waals surface area contributed by atoms with Crippen LogP contribution >= 0.6 is 11.8 Å². The van der Waals surface area contributed by atoms with Gasteiger partial charge in [0.05, 0.1) is 6.42 Å². The minimum atomic E-state index is -0.769. The number of rotatable bonds is 15. The molecule has 0 saturated carbocycles. The van der Waals surface area contributed by atoms with E-state index in [9.17, 15) is 14.4 Å². The van der Waals surface area contributed by atoms with Crippen molar-refractivity contribution in [3.05, 3.63) is 0 Å². The highest BCUT2D eigenvalue weighted by Gasteiger charge is 2.28. The molecule has 0 fully saturated rings. The number of nitrogens with one attached hydrogen (secondary N) is 2. The van der Waals surface area contributed by atoms with Crippen LogP contribution in [0.5, 0.6) is 0 Å². The number of likely N-dealkylation sites (N-methyl/N-ethyl adjacent to an activating group) is 1. The maximum Gasteiger partial charge on any atom is 0.243 e. The number of carbonyl (C=O) groups excluding carboxylic acids is 3. The zero-order chi connectivity index (χ0) is 20.7. The average molecular weight is 403 g/mol. The second-order valence-electron chi connectivity index (χ2n) is 6.93. The monoisotopic (exact) mass is 402 g/mol. The fourth-order valence-corrected chi connectivity index (χ4v) is 3.12. The predicted octanol–water partition coefficient (Wildman–Crippen LogP) is 1.33. The number of unbranched alkanes of at least 4 members (excludes halogenated alkanes) is 2. The lowest BCUT2D eigenvalue weighted by Gasteiger charge is -2.27. The first-order valence-corrected chi connectivity index (χ1v) is 11.2. The molecule has 0 radical (unpaired) electrons. The summed E-state index contributed by atoms with van der Waals surface area (Å²) >= 11 is 1.80. The van der Waals surface area contributed by atoms with Gasteiger partial charge in [-0.25, -0.2) is 0 Å². The summed E-state index contributed by atoms with van der Waals surface area (Å²) in [6.07, 6.45) is 6.18. The molecule has 0 spiro atoms. The number of hydrogen-bond donors (Lipinski definition) is 2. The SMILES string of the molecule is CCNC(=O)C[C@@H](C(=O)NCCCN(C)C)N(C)C(=O)CCCCCSC. The summed E-state index contributed by atoms with van der Waals surface area (Å²) in [4.78, 5) is 40.6. The van der Waals surface area contributed by atoms with E-state index in [1.165, 1.54) is 4.90 Å². The molecule has 0 aliphatic carbocycles. The number of carbonyl (C=O) groups is 3. The highest BCUT2D eigenvalue weighted by molar-refractivity contribution is 7.98. The zero-order valence-electron chi connectivity index (χ0n) is 17.7. The highest BCUT2D eigenvalue weighted by atomic mass is 32.2. The van der Waals surface area contributed by atoms with Crippen LogP contribution in [0.4, 0.5) is 0 Å². The molecule has 0 aromatic heterocycles.